The second-order valence-corrected chi connectivity index (χ2v) is 4.66. The molecule has 2 atom stereocenters. The zero-order chi connectivity index (χ0) is 10.7. The number of rotatable bonds is 3. The first-order chi connectivity index (χ1) is 6.52. The number of aromatic nitrogens is 2. The number of nitrogens with one attached hydrogen (secondary N) is 1. The van der Waals surface area contributed by atoms with Gasteiger partial charge in [0.15, 0.2) is 0 Å². The summed E-state index contributed by atoms with van der Waals surface area (Å²) in [4.78, 5) is 17.4. The Labute approximate surface area is 90.7 Å². The molecule has 78 valence electrons. The van der Waals surface area contributed by atoms with Gasteiger partial charge in [-0.15, -0.1) is 0 Å². The molecule has 1 rings (SSSR count). The van der Waals surface area contributed by atoms with Gasteiger partial charge in [-0.25, -0.2) is 4.98 Å². The lowest BCUT2D eigenvalue weighted by Crippen LogP contribution is -2.16. The van der Waals surface area contributed by atoms with Crippen LogP contribution in [-0.2, 0) is 0 Å². The smallest absolute Gasteiger partial charge is 0.270 e. The summed E-state index contributed by atoms with van der Waals surface area (Å²) in [6.07, 6.45) is 0.822. The van der Waals surface area contributed by atoms with E-state index in [1.807, 2.05) is 6.92 Å². The number of halogens is 1. The fourth-order valence-electron chi connectivity index (χ4n) is 0.723. The summed E-state index contributed by atoms with van der Waals surface area (Å²) in [5.41, 5.74) is -0.359. The van der Waals surface area contributed by atoms with E-state index in [4.69, 9.17) is 11.6 Å². The highest BCUT2D eigenvalue weighted by atomic mass is 35.5. The lowest BCUT2D eigenvalue weighted by atomic mass is 10.3. The van der Waals surface area contributed by atoms with Crippen LogP contribution in [0.5, 0.6) is 0 Å². The van der Waals surface area contributed by atoms with Crippen molar-refractivity contribution in [2.45, 2.75) is 30.2 Å². The Morgan fingerprint density at radius 3 is 2.86 bits per heavy atom. The lowest BCUT2D eigenvalue weighted by Gasteiger charge is -2.13. The van der Waals surface area contributed by atoms with Crippen molar-refractivity contribution >= 4 is 23.4 Å². The minimum atomic E-state index is -0.475. The standard InChI is InChI=1S/C8H11ClN2O2S/c1-4(12)5(2)14-8-6(9)7(13)10-3-11-8/h3-5,12H,1-2H3,(H,10,11,13). The molecule has 1 heterocycles. The van der Waals surface area contributed by atoms with Crippen LogP contribution in [0.3, 0.4) is 0 Å². The molecular formula is C8H11ClN2O2S. The van der Waals surface area contributed by atoms with Crippen LogP contribution in [0, 0.1) is 0 Å². The van der Waals surface area contributed by atoms with Crippen molar-refractivity contribution in [3.05, 3.63) is 21.7 Å². The third kappa shape index (κ3) is 2.73. The van der Waals surface area contributed by atoms with Crippen LogP contribution in [0.15, 0.2) is 16.1 Å². The van der Waals surface area contributed by atoms with Gasteiger partial charge in [-0.3, -0.25) is 4.79 Å². The van der Waals surface area contributed by atoms with Gasteiger partial charge < -0.3 is 10.1 Å². The molecule has 0 aliphatic heterocycles. The first-order valence-electron chi connectivity index (χ1n) is 4.10. The van der Waals surface area contributed by atoms with Crippen LogP contribution in [0.1, 0.15) is 13.8 Å². The summed E-state index contributed by atoms with van der Waals surface area (Å²) in [7, 11) is 0. The predicted molar refractivity (Wildman–Crippen MR) is 56.9 cm³/mol. The number of aliphatic hydroxyl groups excluding tert-OH is 1. The van der Waals surface area contributed by atoms with Crippen LogP contribution in [0.25, 0.3) is 0 Å². The number of aliphatic hydroxyl groups is 1. The number of H-pyrrole nitrogens is 1. The third-order valence-electron chi connectivity index (χ3n) is 1.74. The molecule has 0 bridgehead atoms. The Morgan fingerprint density at radius 2 is 2.29 bits per heavy atom. The quantitative estimate of drug-likeness (QED) is 0.611. The summed E-state index contributed by atoms with van der Waals surface area (Å²) >= 11 is 7.01. The zero-order valence-electron chi connectivity index (χ0n) is 7.82. The molecular weight excluding hydrogens is 224 g/mol. The van der Waals surface area contributed by atoms with E-state index in [0.717, 1.165) is 0 Å². The minimum absolute atomic E-state index is 0.0539. The Morgan fingerprint density at radius 1 is 1.64 bits per heavy atom. The van der Waals surface area contributed by atoms with Crippen LogP contribution in [-0.4, -0.2) is 26.4 Å². The largest absolute Gasteiger partial charge is 0.392 e. The van der Waals surface area contributed by atoms with E-state index < -0.39 is 6.10 Å². The van der Waals surface area contributed by atoms with Gasteiger partial charge in [-0.05, 0) is 6.92 Å². The van der Waals surface area contributed by atoms with Crippen molar-refractivity contribution < 1.29 is 5.11 Å². The molecule has 0 saturated heterocycles. The van der Waals surface area contributed by atoms with E-state index in [9.17, 15) is 9.90 Å². The van der Waals surface area contributed by atoms with Crippen molar-refractivity contribution in [3.63, 3.8) is 0 Å². The fraction of sp³-hybridized carbons (Fsp3) is 0.500. The summed E-state index contributed by atoms with van der Waals surface area (Å²) in [5, 5.41) is 9.73. The zero-order valence-corrected chi connectivity index (χ0v) is 9.39. The van der Waals surface area contributed by atoms with E-state index in [1.54, 1.807) is 6.92 Å². The second-order valence-electron chi connectivity index (χ2n) is 2.91. The Bertz CT molecular complexity index is 367. The number of hydrogen-bond acceptors (Lipinski definition) is 4. The van der Waals surface area contributed by atoms with Gasteiger partial charge in [0.05, 0.1) is 12.4 Å². The molecule has 0 spiro atoms. The molecule has 0 aliphatic carbocycles. The van der Waals surface area contributed by atoms with Crippen LogP contribution >= 0.6 is 23.4 Å². The minimum Gasteiger partial charge on any atom is -0.392 e. The van der Waals surface area contributed by atoms with Gasteiger partial charge in [0.2, 0.25) is 0 Å². The van der Waals surface area contributed by atoms with Gasteiger partial charge >= 0.3 is 0 Å². The predicted octanol–water partition coefficient (Wildman–Crippen LogP) is 1.28. The van der Waals surface area contributed by atoms with Gasteiger partial charge in [0.1, 0.15) is 10.0 Å². The highest BCUT2D eigenvalue weighted by Gasteiger charge is 2.14. The third-order valence-corrected chi connectivity index (χ3v) is 3.50. The average Bonchev–Trinajstić information content (AvgIpc) is 2.12. The molecule has 4 nitrogen and oxygen atoms in total. The summed E-state index contributed by atoms with van der Waals surface area (Å²) in [6, 6.07) is 0. The molecule has 0 amide bonds. The van der Waals surface area contributed by atoms with E-state index in [1.165, 1.54) is 18.1 Å². The first kappa shape index (κ1) is 11.6. The molecule has 2 N–H and O–H groups in total. The van der Waals surface area contributed by atoms with Gasteiger partial charge in [-0.2, -0.15) is 0 Å². The van der Waals surface area contributed by atoms with Crippen LogP contribution in [0.4, 0.5) is 0 Å². The van der Waals surface area contributed by atoms with Gasteiger partial charge in [-0.1, -0.05) is 30.3 Å². The van der Waals surface area contributed by atoms with E-state index >= 15 is 0 Å². The number of hydrogen-bond donors (Lipinski definition) is 2. The van der Waals surface area contributed by atoms with Crippen molar-refractivity contribution in [1.29, 1.82) is 0 Å². The molecule has 1 aromatic rings. The number of aromatic amines is 1. The normalized spacial score (nSPS) is 15.1. The molecule has 0 radical (unpaired) electrons. The maximum absolute atomic E-state index is 11.1. The topological polar surface area (TPSA) is 66.0 Å². The Kier molecular flexibility index (Phi) is 3.97. The SMILES string of the molecule is CC(O)C(C)Sc1nc[nH]c(=O)c1Cl. The second kappa shape index (κ2) is 4.82. The van der Waals surface area contributed by atoms with E-state index in [0.29, 0.717) is 5.03 Å². The number of nitrogens with zero attached hydrogens (tertiary/aromatic N) is 1. The number of thioether (sulfide) groups is 1. The lowest BCUT2D eigenvalue weighted by molar-refractivity contribution is 0.196. The Hall–Kier alpha value is -0.520. The molecule has 0 saturated carbocycles. The van der Waals surface area contributed by atoms with Gasteiger partial charge in [0.25, 0.3) is 5.56 Å². The molecule has 0 aromatic carbocycles. The maximum atomic E-state index is 11.1. The molecule has 2 unspecified atom stereocenters. The van der Waals surface area contributed by atoms with Crippen LogP contribution in [0.2, 0.25) is 5.02 Å². The molecule has 14 heavy (non-hydrogen) atoms. The van der Waals surface area contributed by atoms with Crippen LogP contribution < -0.4 is 5.56 Å². The summed E-state index contributed by atoms with van der Waals surface area (Å²) in [6.45, 7) is 3.52. The molecule has 1 aromatic heterocycles. The highest BCUT2D eigenvalue weighted by molar-refractivity contribution is 8.00. The highest BCUT2D eigenvalue weighted by Crippen LogP contribution is 2.26. The molecule has 0 fully saturated rings. The average molecular weight is 235 g/mol. The fourth-order valence-corrected chi connectivity index (χ4v) is 1.82. The van der Waals surface area contributed by atoms with Crippen molar-refractivity contribution in [3.8, 4) is 0 Å². The van der Waals surface area contributed by atoms with E-state index in [-0.39, 0.29) is 15.8 Å². The van der Waals surface area contributed by atoms with E-state index in [2.05, 4.69) is 9.97 Å². The first-order valence-corrected chi connectivity index (χ1v) is 5.36. The Balaban J connectivity index is 2.87. The van der Waals surface area contributed by atoms with Crippen molar-refractivity contribution in [2.24, 2.45) is 0 Å². The van der Waals surface area contributed by atoms with Crippen molar-refractivity contribution in [2.75, 3.05) is 0 Å². The maximum Gasteiger partial charge on any atom is 0.270 e. The summed E-state index contributed by atoms with van der Waals surface area (Å²) in [5.74, 6) is 0. The molecule has 0 aliphatic rings. The van der Waals surface area contributed by atoms with Crippen molar-refractivity contribution in [1.82, 2.24) is 9.97 Å². The summed E-state index contributed by atoms with van der Waals surface area (Å²) < 4.78 is 0. The monoisotopic (exact) mass is 234 g/mol. The van der Waals surface area contributed by atoms with Gasteiger partial charge in [0, 0.05) is 5.25 Å². The molecule has 6 heteroatoms.